The Hall–Kier alpha value is -1.39. The minimum atomic E-state index is -1.25. The number of nitrogens with zero attached hydrogens (tertiary/aromatic N) is 1. The highest BCUT2D eigenvalue weighted by atomic mass is 16.4. The number of carboxylic acid groups (broad SMARTS) is 1. The van der Waals surface area contributed by atoms with E-state index in [9.17, 15) is 15.0 Å². The van der Waals surface area contributed by atoms with Crippen molar-refractivity contribution in [2.75, 3.05) is 7.05 Å². The molecule has 2 fully saturated rings. The largest absolute Gasteiger partial charge is 0.481 e. The summed E-state index contributed by atoms with van der Waals surface area (Å²) in [6.45, 7) is 1.66. The molecule has 0 spiro atoms. The second-order valence-corrected chi connectivity index (χ2v) is 7.10. The maximum Gasteiger partial charge on any atom is 0.316 e. The van der Waals surface area contributed by atoms with E-state index in [1.165, 1.54) is 12.8 Å². The Kier molecular flexibility index (Phi) is 4.00. The van der Waals surface area contributed by atoms with E-state index < -0.39 is 17.5 Å². The van der Waals surface area contributed by atoms with Crippen molar-refractivity contribution >= 4 is 5.97 Å². The van der Waals surface area contributed by atoms with E-state index in [1.54, 1.807) is 19.1 Å². The molecule has 2 N–H and O–H groups in total. The summed E-state index contributed by atoms with van der Waals surface area (Å²) in [6, 6.07) is 10.1. The molecule has 2 aliphatic heterocycles. The Labute approximate surface area is 131 Å². The normalized spacial score (nSPS) is 32.4. The van der Waals surface area contributed by atoms with Crippen molar-refractivity contribution < 1.29 is 15.0 Å². The van der Waals surface area contributed by atoms with Gasteiger partial charge in [-0.3, -0.25) is 4.79 Å². The summed E-state index contributed by atoms with van der Waals surface area (Å²) in [7, 11) is 2.15. The highest BCUT2D eigenvalue weighted by Gasteiger charge is 2.50. The topological polar surface area (TPSA) is 60.8 Å². The van der Waals surface area contributed by atoms with Crippen LogP contribution in [0.3, 0.4) is 0 Å². The van der Waals surface area contributed by atoms with Crippen LogP contribution in [-0.2, 0) is 10.2 Å². The minimum absolute atomic E-state index is 0.0509. The number of aliphatic hydroxyl groups excluding tert-OH is 1. The van der Waals surface area contributed by atoms with Crippen molar-refractivity contribution in [1.29, 1.82) is 0 Å². The summed E-state index contributed by atoms with van der Waals surface area (Å²) in [5.41, 5.74) is -0.567. The number of hydrogen-bond acceptors (Lipinski definition) is 3. The Morgan fingerprint density at radius 2 is 1.77 bits per heavy atom. The number of fused-ring (bicyclic) bond motifs is 2. The Bertz CT molecular complexity index is 533. The summed E-state index contributed by atoms with van der Waals surface area (Å²) in [4.78, 5) is 14.4. The lowest BCUT2D eigenvalue weighted by molar-refractivity contribution is -0.150. The van der Waals surface area contributed by atoms with Crippen LogP contribution in [0.5, 0.6) is 0 Å². The second kappa shape index (κ2) is 5.67. The van der Waals surface area contributed by atoms with Gasteiger partial charge in [0.1, 0.15) is 5.41 Å². The van der Waals surface area contributed by atoms with Crippen molar-refractivity contribution in [3.8, 4) is 0 Å². The molecule has 2 unspecified atom stereocenters. The fourth-order valence-electron chi connectivity index (χ4n) is 4.39. The molecule has 0 radical (unpaired) electrons. The number of benzene rings is 1. The lowest BCUT2D eigenvalue weighted by Gasteiger charge is -2.42. The quantitative estimate of drug-likeness (QED) is 0.896. The highest BCUT2D eigenvalue weighted by Crippen LogP contribution is 2.43. The number of rotatable bonds is 4. The molecule has 0 aliphatic carbocycles. The van der Waals surface area contributed by atoms with Crippen molar-refractivity contribution in [3.63, 3.8) is 0 Å². The van der Waals surface area contributed by atoms with E-state index in [0.717, 1.165) is 12.8 Å². The van der Waals surface area contributed by atoms with Gasteiger partial charge in [-0.25, -0.2) is 0 Å². The molecule has 1 aromatic carbocycles. The number of aliphatic carboxylic acids is 1. The molecular formula is C18H25NO3. The Morgan fingerprint density at radius 3 is 2.27 bits per heavy atom. The van der Waals surface area contributed by atoms with Crippen LogP contribution in [0.15, 0.2) is 30.3 Å². The Balaban J connectivity index is 1.88. The fourth-order valence-corrected chi connectivity index (χ4v) is 4.39. The summed E-state index contributed by atoms with van der Waals surface area (Å²) in [5.74, 6) is -0.896. The maximum absolute atomic E-state index is 12.0. The van der Waals surface area contributed by atoms with E-state index in [0.29, 0.717) is 17.6 Å². The molecule has 4 nitrogen and oxygen atoms in total. The zero-order valence-corrected chi connectivity index (χ0v) is 13.3. The van der Waals surface area contributed by atoms with Gasteiger partial charge < -0.3 is 15.1 Å². The summed E-state index contributed by atoms with van der Waals surface area (Å²) in [6.07, 6.45) is 3.26. The fraction of sp³-hybridized carbons (Fsp3) is 0.611. The van der Waals surface area contributed by atoms with E-state index in [1.807, 2.05) is 18.2 Å². The molecule has 120 valence electrons. The number of piperidine rings is 1. The van der Waals surface area contributed by atoms with Crippen LogP contribution < -0.4 is 0 Å². The molecule has 2 aliphatic rings. The molecule has 2 saturated heterocycles. The van der Waals surface area contributed by atoms with Crippen LogP contribution >= 0.6 is 0 Å². The van der Waals surface area contributed by atoms with Gasteiger partial charge in [0.2, 0.25) is 0 Å². The van der Waals surface area contributed by atoms with E-state index >= 15 is 0 Å². The van der Waals surface area contributed by atoms with Crippen LogP contribution in [0.1, 0.15) is 38.2 Å². The minimum Gasteiger partial charge on any atom is -0.481 e. The first kappa shape index (κ1) is 15.5. The molecule has 3 rings (SSSR count). The summed E-state index contributed by atoms with van der Waals surface area (Å²) in [5, 5.41) is 20.8. The average Bonchev–Trinajstić information content (AvgIpc) is 2.75. The van der Waals surface area contributed by atoms with Crippen molar-refractivity contribution in [2.45, 2.75) is 56.2 Å². The number of carbonyl (C=O) groups is 1. The van der Waals surface area contributed by atoms with Gasteiger partial charge in [-0.1, -0.05) is 30.3 Å². The molecule has 5 atom stereocenters. The molecule has 1 aromatic rings. The predicted molar refractivity (Wildman–Crippen MR) is 84.7 cm³/mol. The van der Waals surface area contributed by atoms with Gasteiger partial charge in [-0.2, -0.15) is 0 Å². The lowest BCUT2D eigenvalue weighted by Crippen LogP contribution is -2.52. The zero-order valence-electron chi connectivity index (χ0n) is 13.3. The van der Waals surface area contributed by atoms with Crippen molar-refractivity contribution in [1.82, 2.24) is 4.90 Å². The molecule has 22 heavy (non-hydrogen) atoms. The third kappa shape index (κ3) is 2.34. The predicted octanol–water partition coefficient (Wildman–Crippen LogP) is 2.26. The molecule has 0 amide bonds. The number of carboxylic acids is 1. The maximum atomic E-state index is 12.0. The van der Waals surface area contributed by atoms with E-state index in [2.05, 4.69) is 11.9 Å². The van der Waals surface area contributed by atoms with Gasteiger partial charge in [0, 0.05) is 12.1 Å². The molecule has 0 aromatic heterocycles. The standard InChI is InChI=1S/C18H25NO3/c1-18(17(21)22,13-6-4-3-5-7-13)16(20)12-10-14-8-9-15(11-12)19(14)2/h3-7,12,14-16,20H,8-11H2,1-2H3,(H,21,22)/t12?,14-,15+,16-,18?/m1/s1. The van der Waals surface area contributed by atoms with Gasteiger partial charge in [0.25, 0.3) is 0 Å². The van der Waals surface area contributed by atoms with Crippen molar-refractivity contribution in [2.24, 2.45) is 5.92 Å². The zero-order chi connectivity index (χ0) is 15.9. The van der Waals surface area contributed by atoms with Gasteiger partial charge in [-0.05, 0) is 51.1 Å². The molecule has 2 heterocycles. The van der Waals surface area contributed by atoms with Crippen LogP contribution in [0.25, 0.3) is 0 Å². The first-order valence-electron chi connectivity index (χ1n) is 8.13. The van der Waals surface area contributed by atoms with Gasteiger partial charge in [0.15, 0.2) is 0 Å². The smallest absolute Gasteiger partial charge is 0.316 e. The van der Waals surface area contributed by atoms with Gasteiger partial charge in [-0.15, -0.1) is 0 Å². The van der Waals surface area contributed by atoms with E-state index in [-0.39, 0.29) is 5.92 Å². The van der Waals surface area contributed by atoms with Crippen LogP contribution in [-0.4, -0.2) is 46.3 Å². The Morgan fingerprint density at radius 1 is 1.23 bits per heavy atom. The van der Waals surface area contributed by atoms with Crippen LogP contribution in [0.2, 0.25) is 0 Å². The second-order valence-electron chi connectivity index (χ2n) is 7.10. The SMILES string of the molecule is CN1[C@@H]2CC[C@H]1CC([C@@H](O)C(C)(C(=O)O)c1ccccc1)C2. The third-order valence-corrected chi connectivity index (χ3v) is 5.99. The van der Waals surface area contributed by atoms with Crippen LogP contribution in [0.4, 0.5) is 0 Å². The number of hydrogen-bond donors (Lipinski definition) is 2. The van der Waals surface area contributed by atoms with Crippen molar-refractivity contribution in [3.05, 3.63) is 35.9 Å². The monoisotopic (exact) mass is 303 g/mol. The van der Waals surface area contributed by atoms with E-state index in [4.69, 9.17) is 0 Å². The third-order valence-electron chi connectivity index (χ3n) is 5.99. The average molecular weight is 303 g/mol. The first-order valence-corrected chi connectivity index (χ1v) is 8.13. The highest BCUT2D eigenvalue weighted by molar-refractivity contribution is 5.81. The molecule has 2 bridgehead atoms. The molecule has 0 saturated carbocycles. The van der Waals surface area contributed by atoms with Gasteiger partial charge >= 0.3 is 5.97 Å². The molecular weight excluding hydrogens is 278 g/mol. The number of aliphatic hydroxyl groups is 1. The van der Waals surface area contributed by atoms with Gasteiger partial charge in [0.05, 0.1) is 6.10 Å². The molecule has 4 heteroatoms. The summed E-state index contributed by atoms with van der Waals surface area (Å²) < 4.78 is 0. The lowest BCUT2D eigenvalue weighted by atomic mass is 9.69. The summed E-state index contributed by atoms with van der Waals surface area (Å²) >= 11 is 0. The van der Waals surface area contributed by atoms with Crippen LogP contribution in [0, 0.1) is 5.92 Å². The first-order chi connectivity index (χ1) is 10.4.